The van der Waals surface area contributed by atoms with Gasteiger partial charge in [0.05, 0.1) is 6.54 Å². The van der Waals surface area contributed by atoms with Crippen molar-refractivity contribution in [3.05, 3.63) is 0 Å². The van der Waals surface area contributed by atoms with E-state index < -0.39 is 0 Å². The summed E-state index contributed by atoms with van der Waals surface area (Å²) < 4.78 is 0. The number of terminal acetylenes is 1. The second kappa shape index (κ2) is 2.51. The van der Waals surface area contributed by atoms with Crippen LogP contribution in [0.1, 0.15) is 0 Å². The fraction of sp³-hybridized carbons (Fsp3) is 0.500. The van der Waals surface area contributed by atoms with E-state index in [-0.39, 0.29) is 11.9 Å². The molecular weight excluding hydrogens is 116 g/mol. The lowest BCUT2D eigenvalue weighted by atomic mass is 10.2. The van der Waals surface area contributed by atoms with Gasteiger partial charge in [0, 0.05) is 6.54 Å². The molecule has 0 aromatic rings. The first-order valence-corrected chi connectivity index (χ1v) is 2.79. The van der Waals surface area contributed by atoms with Gasteiger partial charge in [-0.1, -0.05) is 5.92 Å². The number of nitrogens with one attached hydrogen (secondary N) is 2. The van der Waals surface area contributed by atoms with Gasteiger partial charge >= 0.3 is 0 Å². The monoisotopic (exact) mass is 124 g/mol. The Bertz CT molecular complexity index is 159. The van der Waals surface area contributed by atoms with Crippen LogP contribution in [0.15, 0.2) is 0 Å². The van der Waals surface area contributed by atoms with Crippen molar-refractivity contribution < 1.29 is 4.79 Å². The summed E-state index contributed by atoms with van der Waals surface area (Å²) in [5.41, 5.74) is 0. The molecule has 3 nitrogen and oxygen atoms in total. The van der Waals surface area contributed by atoms with Crippen molar-refractivity contribution in [2.24, 2.45) is 0 Å². The third-order valence-electron chi connectivity index (χ3n) is 1.17. The normalized spacial score (nSPS) is 26.6. The molecule has 1 amide bonds. The molecule has 0 bridgehead atoms. The minimum absolute atomic E-state index is 0.0239. The van der Waals surface area contributed by atoms with E-state index in [0.717, 1.165) is 0 Å². The van der Waals surface area contributed by atoms with Crippen LogP contribution in [0.2, 0.25) is 0 Å². The Hall–Kier alpha value is -1.01. The number of carbonyl (C=O) groups excluding carboxylic acids is 1. The molecule has 1 aliphatic heterocycles. The predicted octanol–water partition coefficient (Wildman–Crippen LogP) is -1.29. The quantitative estimate of drug-likeness (QED) is 0.394. The SMILES string of the molecule is C#C[C@@H]1CNCC(=O)N1. The molecule has 1 rings (SSSR count). The summed E-state index contributed by atoms with van der Waals surface area (Å²) in [5, 5.41) is 5.51. The van der Waals surface area contributed by atoms with E-state index in [0.29, 0.717) is 13.1 Å². The molecule has 3 heteroatoms. The van der Waals surface area contributed by atoms with Crippen molar-refractivity contribution in [1.82, 2.24) is 10.6 Å². The van der Waals surface area contributed by atoms with Crippen LogP contribution >= 0.6 is 0 Å². The Kier molecular flexibility index (Phi) is 1.71. The first kappa shape index (κ1) is 6.12. The lowest BCUT2D eigenvalue weighted by Crippen LogP contribution is -2.51. The molecule has 1 atom stereocenters. The van der Waals surface area contributed by atoms with E-state index in [4.69, 9.17) is 6.42 Å². The highest BCUT2D eigenvalue weighted by molar-refractivity contribution is 5.79. The summed E-state index contributed by atoms with van der Waals surface area (Å²) in [6, 6.07) is -0.119. The zero-order valence-corrected chi connectivity index (χ0v) is 4.98. The zero-order chi connectivity index (χ0) is 6.69. The number of hydrogen-bond donors (Lipinski definition) is 2. The Morgan fingerprint density at radius 3 is 3.00 bits per heavy atom. The van der Waals surface area contributed by atoms with E-state index in [2.05, 4.69) is 16.6 Å². The molecule has 0 radical (unpaired) electrons. The van der Waals surface area contributed by atoms with Crippen LogP contribution < -0.4 is 10.6 Å². The van der Waals surface area contributed by atoms with E-state index in [9.17, 15) is 4.79 Å². The van der Waals surface area contributed by atoms with Gasteiger partial charge in [0.2, 0.25) is 5.91 Å². The number of piperazine rings is 1. The molecule has 2 N–H and O–H groups in total. The van der Waals surface area contributed by atoms with Gasteiger partial charge in [-0.25, -0.2) is 0 Å². The lowest BCUT2D eigenvalue weighted by Gasteiger charge is -2.18. The van der Waals surface area contributed by atoms with Gasteiger partial charge in [0.25, 0.3) is 0 Å². The first-order valence-electron chi connectivity index (χ1n) is 2.79. The molecule has 1 fully saturated rings. The molecule has 48 valence electrons. The Morgan fingerprint density at radius 2 is 2.56 bits per heavy atom. The van der Waals surface area contributed by atoms with Crippen molar-refractivity contribution in [2.45, 2.75) is 6.04 Å². The van der Waals surface area contributed by atoms with Crippen molar-refractivity contribution >= 4 is 5.91 Å². The van der Waals surface area contributed by atoms with Gasteiger partial charge in [-0.3, -0.25) is 4.79 Å². The van der Waals surface area contributed by atoms with Crippen LogP contribution in [0.3, 0.4) is 0 Å². The highest BCUT2D eigenvalue weighted by Crippen LogP contribution is 1.83. The molecule has 0 aliphatic carbocycles. The molecule has 0 unspecified atom stereocenters. The average Bonchev–Trinajstić information content (AvgIpc) is 1.88. The van der Waals surface area contributed by atoms with Crippen molar-refractivity contribution in [2.75, 3.05) is 13.1 Å². The Labute approximate surface area is 53.8 Å². The molecule has 9 heavy (non-hydrogen) atoms. The van der Waals surface area contributed by atoms with Gasteiger partial charge in [0.1, 0.15) is 6.04 Å². The maximum Gasteiger partial charge on any atom is 0.234 e. The minimum Gasteiger partial charge on any atom is -0.340 e. The molecule has 1 heterocycles. The second-order valence-corrected chi connectivity index (χ2v) is 1.92. The number of rotatable bonds is 0. The van der Waals surface area contributed by atoms with Gasteiger partial charge < -0.3 is 10.6 Å². The third kappa shape index (κ3) is 1.44. The predicted molar refractivity (Wildman–Crippen MR) is 33.6 cm³/mol. The van der Waals surface area contributed by atoms with Crippen molar-refractivity contribution in [3.8, 4) is 12.3 Å². The molecule has 0 spiro atoms. The maximum atomic E-state index is 10.6. The molecule has 1 saturated heterocycles. The Balaban J connectivity index is 2.43. The summed E-state index contributed by atoms with van der Waals surface area (Å²) in [7, 11) is 0. The van der Waals surface area contributed by atoms with Crippen LogP contribution in [-0.4, -0.2) is 25.0 Å². The number of hydrogen-bond acceptors (Lipinski definition) is 2. The van der Waals surface area contributed by atoms with Gasteiger partial charge in [0.15, 0.2) is 0 Å². The molecule has 0 aromatic carbocycles. The van der Waals surface area contributed by atoms with E-state index >= 15 is 0 Å². The van der Waals surface area contributed by atoms with Gasteiger partial charge in [-0.2, -0.15) is 0 Å². The highest BCUT2D eigenvalue weighted by atomic mass is 16.2. The zero-order valence-electron chi connectivity index (χ0n) is 4.98. The number of carbonyl (C=O) groups is 1. The number of amides is 1. The highest BCUT2D eigenvalue weighted by Gasteiger charge is 2.13. The lowest BCUT2D eigenvalue weighted by molar-refractivity contribution is -0.121. The maximum absolute atomic E-state index is 10.6. The van der Waals surface area contributed by atoms with Crippen LogP contribution in [0, 0.1) is 12.3 Å². The van der Waals surface area contributed by atoms with E-state index in [1.165, 1.54) is 0 Å². The third-order valence-corrected chi connectivity index (χ3v) is 1.17. The summed E-state index contributed by atoms with van der Waals surface area (Å²) in [6.07, 6.45) is 5.06. The van der Waals surface area contributed by atoms with Crippen LogP contribution in [0.5, 0.6) is 0 Å². The fourth-order valence-electron chi connectivity index (χ4n) is 0.727. The van der Waals surface area contributed by atoms with Crippen LogP contribution in [0.4, 0.5) is 0 Å². The van der Waals surface area contributed by atoms with Crippen LogP contribution in [-0.2, 0) is 4.79 Å². The van der Waals surface area contributed by atoms with Crippen LogP contribution in [0.25, 0.3) is 0 Å². The molecular formula is C6H8N2O. The second-order valence-electron chi connectivity index (χ2n) is 1.92. The van der Waals surface area contributed by atoms with E-state index in [1.807, 2.05) is 0 Å². The van der Waals surface area contributed by atoms with Gasteiger partial charge in [-0.05, 0) is 0 Å². The fourth-order valence-corrected chi connectivity index (χ4v) is 0.727. The topological polar surface area (TPSA) is 41.1 Å². The summed E-state index contributed by atoms with van der Waals surface area (Å²) in [6.45, 7) is 1.07. The van der Waals surface area contributed by atoms with E-state index in [1.54, 1.807) is 0 Å². The van der Waals surface area contributed by atoms with Gasteiger partial charge in [-0.15, -0.1) is 6.42 Å². The Morgan fingerprint density at radius 1 is 1.78 bits per heavy atom. The van der Waals surface area contributed by atoms with Crippen molar-refractivity contribution in [1.29, 1.82) is 0 Å². The molecule has 1 aliphatic rings. The molecule has 0 saturated carbocycles. The summed E-state index contributed by atoms with van der Waals surface area (Å²) in [5.74, 6) is 2.42. The largest absolute Gasteiger partial charge is 0.340 e. The summed E-state index contributed by atoms with van der Waals surface area (Å²) in [4.78, 5) is 10.6. The standard InChI is InChI=1S/C6H8N2O/c1-2-5-3-7-4-6(9)8-5/h1,5,7H,3-4H2,(H,8,9)/t5-/m1/s1. The summed E-state index contributed by atoms with van der Waals surface area (Å²) >= 11 is 0. The minimum atomic E-state index is -0.119. The average molecular weight is 124 g/mol. The van der Waals surface area contributed by atoms with Crippen molar-refractivity contribution in [3.63, 3.8) is 0 Å². The molecule has 0 aromatic heterocycles. The first-order chi connectivity index (χ1) is 4.33. The smallest absolute Gasteiger partial charge is 0.234 e.